The van der Waals surface area contributed by atoms with Crippen molar-refractivity contribution in [2.75, 3.05) is 31.1 Å². The predicted molar refractivity (Wildman–Crippen MR) is 86.8 cm³/mol. The molecule has 1 N–H and O–H groups in total. The van der Waals surface area contributed by atoms with Crippen molar-refractivity contribution < 1.29 is 4.90 Å². The first kappa shape index (κ1) is 13.7. The maximum absolute atomic E-state index is 2.56. The zero-order valence-electron chi connectivity index (χ0n) is 12.4. The van der Waals surface area contributed by atoms with E-state index in [1.165, 1.54) is 54.4 Å². The molecule has 3 rings (SSSR count). The van der Waals surface area contributed by atoms with Crippen LogP contribution in [0.15, 0.2) is 35.7 Å². The van der Waals surface area contributed by atoms with Crippen LogP contribution in [0.2, 0.25) is 0 Å². The molecule has 2 aromatic rings. The number of thiophene rings is 1. The highest BCUT2D eigenvalue weighted by Crippen LogP contribution is 2.22. The lowest BCUT2D eigenvalue weighted by Crippen LogP contribution is -3.13. The molecule has 0 unspecified atom stereocenters. The summed E-state index contributed by atoms with van der Waals surface area (Å²) in [5.41, 5.74) is 4.27. The topological polar surface area (TPSA) is 7.68 Å². The third-order valence-electron chi connectivity index (χ3n) is 4.39. The molecular weight excluding hydrogens is 264 g/mol. The Kier molecular flexibility index (Phi) is 4.08. The Bertz CT molecular complexity index is 554. The molecule has 1 aromatic carbocycles. The second-order valence-corrected chi connectivity index (χ2v) is 6.74. The van der Waals surface area contributed by atoms with Crippen molar-refractivity contribution in [3.63, 3.8) is 0 Å². The lowest BCUT2D eigenvalue weighted by Gasteiger charge is -2.34. The minimum absolute atomic E-state index is 1.17. The van der Waals surface area contributed by atoms with Crippen LogP contribution in [0, 0.1) is 13.8 Å². The molecule has 1 aliphatic heterocycles. The maximum Gasteiger partial charge on any atom is 0.112 e. The number of quaternary nitrogens is 1. The fraction of sp³-hybridized carbons (Fsp3) is 0.412. The fourth-order valence-electron chi connectivity index (χ4n) is 2.98. The molecule has 20 heavy (non-hydrogen) atoms. The third-order valence-corrected chi connectivity index (χ3v) is 5.27. The van der Waals surface area contributed by atoms with Gasteiger partial charge in [0.2, 0.25) is 0 Å². The molecule has 3 heteroatoms. The number of nitrogens with zero attached hydrogens (tertiary/aromatic N) is 1. The summed E-state index contributed by atoms with van der Waals surface area (Å²) in [4.78, 5) is 5.79. The van der Waals surface area contributed by atoms with Crippen LogP contribution in [0.25, 0.3) is 0 Å². The van der Waals surface area contributed by atoms with Crippen molar-refractivity contribution in [1.29, 1.82) is 0 Å². The van der Waals surface area contributed by atoms with E-state index < -0.39 is 0 Å². The number of piperazine rings is 1. The molecule has 106 valence electrons. The van der Waals surface area contributed by atoms with Gasteiger partial charge in [0.1, 0.15) is 6.54 Å². The summed E-state index contributed by atoms with van der Waals surface area (Å²) < 4.78 is 0. The number of aryl methyl sites for hydroxylation is 1. The molecule has 0 atom stereocenters. The monoisotopic (exact) mass is 287 g/mol. The first-order chi connectivity index (χ1) is 9.74. The Labute approximate surface area is 125 Å². The number of benzene rings is 1. The van der Waals surface area contributed by atoms with Crippen molar-refractivity contribution in [1.82, 2.24) is 0 Å². The van der Waals surface area contributed by atoms with E-state index in [-0.39, 0.29) is 0 Å². The second kappa shape index (κ2) is 5.98. The van der Waals surface area contributed by atoms with Crippen LogP contribution in [0.4, 0.5) is 5.69 Å². The summed E-state index contributed by atoms with van der Waals surface area (Å²) >= 11 is 1.88. The van der Waals surface area contributed by atoms with Crippen LogP contribution in [0.1, 0.15) is 16.0 Å². The minimum atomic E-state index is 1.17. The second-order valence-electron chi connectivity index (χ2n) is 5.71. The smallest absolute Gasteiger partial charge is 0.112 e. The van der Waals surface area contributed by atoms with Crippen LogP contribution < -0.4 is 9.80 Å². The third kappa shape index (κ3) is 2.89. The van der Waals surface area contributed by atoms with Gasteiger partial charge in [-0.1, -0.05) is 18.2 Å². The molecule has 0 aliphatic carbocycles. The zero-order chi connectivity index (χ0) is 13.9. The first-order valence-electron chi connectivity index (χ1n) is 7.41. The molecule has 2 heterocycles. The van der Waals surface area contributed by atoms with Gasteiger partial charge in [0.05, 0.1) is 31.1 Å². The van der Waals surface area contributed by atoms with Crippen molar-refractivity contribution in [2.45, 2.75) is 20.4 Å². The first-order valence-corrected chi connectivity index (χ1v) is 8.29. The van der Waals surface area contributed by atoms with Gasteiger partial charge in [-0.15, -0.1) is 11.3 Å². The standard InChI is InChI=1S/C17H22N2S/c1-14-5-3-7-17(15(14)2)19-10-8-18(9-11-19)13-16-6-4-12-20-16/h3-7,12H,8-11,13H2,1-2H3/p+1. The Morgan fingerprint density at radius 1 is 1.10 bits per heavy atom. The summed E-state index contributed by atoms with van der Waals surface area (Å²) in [6, 6.07) is 11.1. The van der Waals surface area contributed by atoms with Gasteiger partial charge >= 0.3 is 0 Å². The largest absolute Gasteiger partial charge is 0.360 e. The van der Waals surface area contributed by atoms with E-state index in [0.717, 1.165) is 0 Å². The summed E-state index contributed by atoms with van der Waals surface area (Å²) in [5, 5.41) is 2.18. The lowest BCUT2D eigenvalue weighted by molar-refractivity contribution is -0.914. The molecule has 2 nitrogen and oxygen atoms in total. The summed E-state index contributed by atoms with van der Waals surface area (Å²) in [6.45, 7) is 10.5. The highest BCUT2D eigenvalue weighted by Gasteiger charge is 2.21. The Hall–Kier alpha value is -1.32. The maximum atomic E-state index is 2.56. The van der Waals surface area contributed by atoms with E-state index in [0.29, 0.717) is 0 Å². The van der Waals surface area contributed by atoms with Crippen molar-refractivity contribution >= 4 is 17.0 Å². The minimum Gasteiger partial charge on any atom is -0.360 e. The van der Waals surface area contributed by atoms with E-state index in [1.54, 1.807) is 4.90 Å². The number of rotatable bonds is 3. The summed E-state index contributed by atoms with van der Waals surface area (Å²) in [5.74, 6) is 0. The normalized spacial score (nSPS) is 16.6. The van der Waals surface area contributed by atoms with E-state index in [9.17, 15) is 0 Å². The zero-order valence-corrected chi connectivity index (χ0v) is 13.2. The fourth-order valence-corrected chi connectivity index (χ4v) is 3.75. The molecule has 0 amide bonds. The molecule has 0 radical (unpaired) electrons. The van der Waals surface area contributed by atoms with E-state index in [4.69, 9.17) is 0 Å². The lowest BCUT2D eigenvalue weighted by atomic mass is 10.1. The Morgan fingerprint density at radius 3 is 2.60 bits per heavy atom. The molecule has 0 saturated carbocycles. The Morgan fingerprint density at radius 2 is 1.90 bits per heavy atom. The molecule has 1 fully saturated rings. The van der Waals surface area contributed by atoms with E-state index >= 15 is 0 Å². The highest BCUT2D eigenvalue weighted by atomic mass is 32.1. The van der Waals surface area contributed by atoms with Gasteiger partial charge in [0.25, 0.3) is 0 Å². The van der Waals surface area contributed by atoms with E-state index in [2.05, 4.69) is 54.5 Å². The van der Waals surface area contributed by atoms with Gasteiger partial charge in [0, 0.05) is 5.69 Å². The van der Waals surface area contributed by atoms with Crippen LogP contribution in [-0.2, 0) is 6.54 Å². The van der Waals surface area contributed by atoms with Crippen molar-refractivity contribution in [2.24, 2.45) is 0 Å². The number of hydrogen-bond acceptors (Lipinski definition) is 2. The molecule has 1 aliphatic rings. The van der Waals surface area contributed by atoms with Gasteiger partial charge in [0.15, 0.2) is 0 Å². The van der Waals surface area contributed by atoms with Crippen LogP contribution in [0.5, 0.6) is 0 Å². The average Bonchev–Trinajstić information content (AvgIpc) is 2.96. The molecule has 0 bridgehead atoms. The number of hydrogen-bond donors (Lipinski definition) is 1. The van der Waals surface area contributed by atoms with Gasteiger partial charge < -0.3 is 9.80 Å². The van der Waals surface area contributed by atoms with Gasteiger partial charge in [-0.05, 0) is 42.5 Å². The quantitative estimate of drug-likeness (QED) is 0.910. The van der Waals surface area contributed by atoms with Crippen LogP contribution >= 0.6 is 11.3 Å². The van der Waals surface area contributed by atoms with Gasteiger partial charge in [-0.3, -0.25) is 0 Å². The molecule has 1 aromatic heterocycles. The van der Waals surface area contributed by atoms with Crippen molar-refractivity contribution in [3.8, 4) is 0 Å². The Balaban J connectivity index is 1.62. The average molecular weight is 287 g/mol. The van der Waals surface area contributed by atoms with Crippen molar-refractivity contribution in [3.05, 3.63) is 51.7 Å². The molecular formula is C17H23N2S+. The van der Waals surface area contributed by atoms with E-state index in [1.807, 2.05) is 11.3 Å². The SMILES string of the molecule is Cc1cccc(N2CC[NH+](Cc3cccs3)CC2)c1C. The van der Waals surface area contributed by atoms with Gasteiger partial charge in [-0.25, -0.2) is 0 Å². The summed E-state index contributed by atoms with van der Waals surface area (Å²) in [7, 11) is 0. The predicted octanol–water partition coefficient (Wildman–Crippen LogP) is 2.27. The number of nitrogens with one attached hydrogen (secondary N) is 1. The summed E-state index contributed by atoms with van der Waals surface area (Å²) in [6.07, 6.45) is 0. The highest BCUT2D eigenvalue weighted by molar-refractivity contribution is 7.09. The number of anilines is 1. The van der Waals surface area contributed by atoms with Crippen LogP contribution in [0.3, 0.4) is 0 Å². The van der Waals surface area contributed by atoms with Crippen LogP contribution in [-0.4, -0.2) is 26.2 Å². The molecule has 0 spiro atoms. The molecule has 1 saturated heterocycles. The van der Waals surface area contributed by atoms with Gasteiger partial charge in [-0.2, -0.15) is 0 Å².